The minimum absolute atomic E-state index is 0.0731. The third-order valence-corrected chi connectivity index (χ3v) is 13.6. The highest BCUT2D eigenvalue weighted by molar-refractivity contribution is 5.71. The van der Waals surface area contributed by atoms with E-state index in [2.05, 4.69) is 69.4 Å². The molecule has 0 rings (SSSR count). The van der Waals surface area contributed by atoms with Crippen molar-refractivity contribution in [2.45, 2.75) is 329 Å². The highest BCUT2D eigenvalue weighted by atomic mass is 16.6. The molecule has 0 aromatic heterocycles. The normalized spacial score (nSPS) is 12.3. The van der Waals surface area contributed by atoms with E-state index in [1.54, 1.807) is 0 Å². The number of hydrogen-bond donors (Lipinski definition) is 0. The zero-order valence-corrected chi connectivity index (χ0v) is 46.8. The molecule has 408 valence electrons. The van der Waals surface area contributed by atoms with Gasteiger partial charge in [-0.3, -0.25) is 14.4 Å². The Kier molecular flexibility index (Phi) is 56.7. The van der Waals surface area contributed by atoms with Crippen molar-refractivity contribution in [2.75, 3.05) is 13.2 Å². The fourth-order valence-electron chi connectivity index (χ4n) is 8.92. The van der Waals surface area contributed by atoms with Crippen molar-refractivity contribution in [1.82, 2.24) is 0 Å². The van der Waals surface area contributed by atoms with Crippen molar-refractivity contribution >= 4 is 17.9 Å². The minimum atomic E-state index is -0.774. The Morgan fingerprint density at radius 1 is 0.286 bits per heavy atom. The summed E-state index contributed by atoms with van der Waals surface area (Å²) in [7, 11) is 0. The lowest BCUT2D eigenvalue weighted by atomic mass is 10.1. The predicted octanol–water partition coefficient (Wildman–Crippen LogP) is 20.6. The molecule has 0 aliphatic carbocycles. The minimum Gasteiger partial charge on any atom is -0.462 e. The first-order valence-corrected chi connectivity index (χ1v) is 30.6. The van der Waals surface area contributed by atoms with Crippen LogP contribution in [-0.4, -0.2) is 37.2 Å². The third-order valence-electron chi connectivity index (χ3n) is 13.6. The van der Waals surface area contributed by atoms with Crippen molar-refractivity contribution in [3.8, 4) is 0 Å². The van der Waals surface area contributed by atoms with Gasteiger partial charge in [0, 0.05) is 19.3 Å². The van der Waals surface area contributed by atoms with E-state index in [0.717, 1.165) is 70.6 Å². The number of allylic oxidation sites excluding steroid dienone is 8. The number of ether oxygens (including phenoxy) is 3. The molecule has 0 radical (unpaired) electrons. The van der Waals surface area contributed by atoms with Crippen LogP contribution in [0.2, 0.25) is 0 Å². The van der Waals surface area contributed by atoms with Crippen LogP contribution in [0.1, 0.15) is 323 Å². The Balaban J connectivity index is 4.21. The van der Waals surface area contributed by atoms with Crippen molar-refractivity contribution in [2.24, 2.45) is 0 Å². The SMILES string of the molecule is CCCCCCC/C=C\C/C=C\C/C=C\CCCCCCCCCCCCC(=O)OCC(COC(=O)CCCCCCCCCCC)OC(=O)CCCCCCCCC/C=C\CCCCCCCCC. The molecule has 0 saturated carbocycles. The molecule has 0 aromatic carbocycles. The standard InChI is InChI=1S/C64H116O6/c1-4-7-10-13-16-19-21-23-25-27-29-30-31-32-33-34-35-37-38-40-42-45-48-51-54-57-63(66)69-60-61(59-68-62(65)56-53-50-47-44-18-15-12-9-6-3)70-64(67)58-55-52-49-46-43-41-39-36-28-26-24-22-20-17-14-11-8-5-2/h21,23,26-29,31-32,61H,4-20,22,24-25,30,33-60H2,1-3H3/b23-21-,28-26-,29-27-,32-31-. The second kappa shape index (κ2) is 58.9. The van der Waals surface area contributed by atoms with Crippen LogP contribution in [0.3, 0.4) is 0 Å². The summed E-state index contributed by atoms with van der Waals surface area (Å²) in [5.74, 6) is -0.869. The lowest BCUT2D eigenvalue weighted by Crippen LogP contribution is -2.30. The number of rotatable bonds is 56. The van der Waals surface area contributed by atoms with Gasteiger partial charge in [-0.15, -0.1) is 0 Å². The van der Waals surface area contributed by atoms with E-state index >= 15 is 0 Å². The smallest absolute Gasteiger partial charge is 0.306 e. The summed E-state index contributed by atoms with van der Waals surface area (Å²) in [6.45, 7) is 6.64. The van der Waals surface area contributed by atoms with Crippen LogP contribution in [0.4, 0.5) is 0 Å². The van der Waals surface area contributed by atoms with Crippen LogP contribution in [0.5, 0.6) is 0 Å². The predicted molar refractivity (Wildman–Crippen MR) is 302 cm³/mol. The zero-order chi connectivity index (χ0) is 50.7. The quantitative estimate of drug-likeness (QED) is 0.0261. The van der Waals surface area contributed by atoms with E-state index in [0.29, 0.717) is 19.3 Å². The molecule has 1 atom stereocenters. The largest absolute Gasteiger partial charge is 0.462 e. The van der Waals surface area contributed by atoms with Gasteiger partial charge in [-0.1, -0.05) is 268 Å². The zero-order valence-electron chi connectivity index (χ0n) is 46.8. The second-order valence-corrected chi connectivity index (χ2v) is 20.6. The third kappa shape index (κ3) is 56.3. The van der Waals surface area contributed by atoms with Crippen LogP contribution in [0, 0.1) is 0 Å². The topological polar surface area (TPSA) is 78.9 Å². The van der Waals surface area contributed by atoms with Gasteiger partial charge in [-0.05, 0) is 83.5 Å². The van der Waals surface area contributed by atoms with Gasteiger partial charge >= 0.3 is 17.9 Å². The first-order chi connectivity index (χ1) is 34.5. The summed E-state index contributed by atoms with van der Waals surface area (Å²) in [6.07, 6.45) is 72.6. The maximum atomic E-state index is 12.8. The van der Waals surface area contributed by atoms with E-state index in [1.165, 1.54) is 212 Å². The van der Waals surface area contributed by atoms with Gasteiger partial charge in [0.25, 0.3) is 0 Å². The molecule has 70 heavy (non-hydrogen) atoms. The number of hydrogen-bond acceptors (Lipinski definition) is 6. The molecule has 0 aromatic rings. The number of carbonyl (C=O) groups is 3. The van der Waals surface area contributed by atoms with E-state index in [9.17, 15) is 14.4 Å². The van der Waals surface area contributed by atoms with Gasteiger partial charge in [0.2, 0.25) is 0 Å². The average Bonchev–Trinajstić information content (AvgIpc) is 3.36. The van der Waals surface area contributed by atoms with Gasteiger partial charge in [0.1, 0.15) is 13.2 Å². The molecular formula is C64H116O6. The van der Waals surface area contributed by atoms with Crippen LogP contribution >= 0.6 is 0 Å². The Bertz CT molecular complexity index is 1220. The molecular weight excluding hydrogens is 865 g/mol. The van der Waals surface area contributed by atoms with Crippen molar-refractivity contribution in [3.63, 3.8) is 0 Å². The first kappa shape index (κ1) is 67.4. The fraction of sp³-hybridized carbons (Fsp3) is 0.828. The van der Waals surface area contributed by atoms with Crippen molar-refractivity contribution in [3.05, 3.63) is 48.6 Å². The molecule has 0 fully saturated rings. The maximum Gasteiger partial charge on any atom is 0.306 e. The molecule has 0 N–H and O–H groups in total. The average molecular weight is 982 g/mol. The van der Waals surface area contributed by atoms with Gasteiger partial charge in [0.15, 0.2) is 6.10 Å². The number of unbranched alkanes of at least 4 members (excludes halogenated alkanes) is 37. The molecule has 0 heterocycles. The van der Waals surface area contributed by atoms with E-state index in [1.807, 2.05) is 0 Å². The van der Waals surface area contributed by atoms with Crippen LogP contribution in [0.15, 0.2) is 48.6 Å². The Labute approximate surface area is 435 Å². The van der Waals surface area contributed by atoms with Crippen molar-refractivity contribution in [1.29, 1.82) is 0 Å². The second-order valence-electron chi connectivity index (χ2n) is 20.6. The summed E-state index contributed by atoms with van der Waals surface area (Å²) in [5.41, 5.74) is 0. The molecule has 6 heteroatoms. The monoisotopic (exact) mass is 981 g/mol. The maximum absolute atomic E-state index is 12.8. The summed E-state index contributed by atoms with van der Waals surface area (Å²) in [5, 5.41) is 0. The molecule has 0 aliphatic rings. The number of esters is 3. The Morgan fingerprint density at radius 2 is 0.514 bits per heavy atom. The molecule has 0 saturated heterocycles. The van der Waals surface area contributed by atoms with Gasteiger partial charge < -0.3 is 14.2 Å². The fourth-order valence-corrected chi connectivity index (χ4v) is 8.92. The van der Waals surface area contributed by atoms with E-state index in [-0.39, 0.29) is 31.1 Å². The Morgan fingerprint density at radius 3 is 0.814 bits per heavy atom. The highest BCUT2D eigenvalue weighted by Crippen LogP contribution is 2.16. The summed E-state index contributed by atoms with van der Waals surface area (Å²) < 4.78 is 16.9. The van der Waals surface area contributed by atoms with Gasteiger partial charge in [-0.25, -0.2) is 0 Å². The van der Waals surface area contributed by atoms with Gasteiger partial charge in [0.05, 0.1) is 0 Å². The molecule has 0 bridgehead atoms. The molecule has 6 nitrogen and oxygen atoms in total. The molecule has 0 amide bonds. The van der Waals surface area contributed by atoms with Crippen LogP contribution in [0.25, 0.3) is 0 Å². The lowest BCUT2D eigenvalue weighted by Gasteiger charge is -2.18. The molecule has 1 unspecified atom stereocenters. The van der Waals surface area contributed by atoms with Gasteiger partial charge in [-0.2, -0.15) is 0 Å². The van der Waals surface area contributed by atoms with Crippen LogP contribution < -0.4 is 0 Å². The van der Waals surface area contributed by atoms with Crippen LogP contribution in [-0.2, 0) is 28.6 Å². The number of carbonyl (C=O) groups excluding carboxylic acids is 3. The summed E-state index contributed by atoms with van der Waals surface area (Å²) >= 11 is 0. The summed E-state index contributed by atoms with van der Waals surface area (Å²) in [4.78, 5) is 38.1. The highest BCUT2D eigenvalue weighted by Gasteiger charge is 2.19. The van der Waals surface area contributed by atoms with E-state index in [4.69, 9.17) is 14.2 Å². The van der Waals surface area contributed by atoms with E-state index < -0.39 is 6.10 Å². The van der Waals surface area contributed by atoms with Crippen molar-refractivity contribution < 1.29 is 28.6 Å². The summed E-state index contributed by atoms with van der Waals surface area (Å²) in [6, 6.07) is 0. The molecule has 0 aliphatic heterocycles. The lowest BCUT2D eigenvalue weighted by molar-refractivity contribution is -0.167. The first-order valence-electron chi connectivity index (χ1n) is 30.6. The molecule has 0 spiro atoms. The Hall–Kier alpha value is -2.63.